The Hall–Kier alpha value is -1.14. The summed E-state index contributed by atoms with van der Waals surface area (Å²) < 4.78 is 19.9. The van der Waals surface area contributed by atoms with E-state index in [1.165, 1.54) is 25.0 Å². The molecule has 4 nitrogen and oxygen atoms in total. The summed E-state index contributed by atoms with van der Waals surface area (Å²) in [6.45, 7) is 7.01. The van der Waals surface area contributed by atoms with Crippen molar-refractivity contribution in [2.24, 2.45) is 0 Å². The number of benzene rings is 1. The van der Waals surface area contributed by atoms with Gasteiger partial charge < -0.3 is 15.0 Å². The molecule has 1 saturated heterocycles. The second kappa shape index (κ2) is 9.37. The first kappa shape index (κ1) is 19.2. The van der Waals surface area contributed by atoms with Crippen LogP contribution >= 0.6 is 15.9 Å². The fourth-order valence-corrected chi connectivity index (χ4v) is 3.15. The summed E-state index contributed by atoms with van der Waals surface area (Å²) >= 11 is 3.20. The largest absolute Gasteiger partial charge is 0.478 e. The fraction of sp³-hybridized carbons (Fsp3) is 0.611. The lowest BCUT2D eigenvalue weighted by atomic mass is 10.0. The Morgan fingerprint density at radius 1 is 1.46 bits per heavy atom. The molecule has 6 heteroatoms. The molecule has 1 aromatic carbocycles. The van der Waals surface area contributed by atoms with Crippen LogP contribution in [-0.4, -0.2) is 42.6 Å². The van der Waals surface area contributed by atoms with Crippen LogP contribution in [-0.2, 0) is 4.79 Å². The van der Waals surface area contributed by atoms with Gasteiger partial charge in [0.2, 0.25) is 0 Å². The maximum Gasteiger partial charge on any atom is 0.260 e. The molecule has 1 unspecified atom stereocenters. The van der Waals surface area contributed by atoms with Crippen molar-refractivity contribution in [1.82, 2.24) is 10.2 Å². The highest BCUT2D eigenvalue weighted by Gasteiger charge is 2.23. The highest BCUT2D eigenvalue weighted by Crippen LogP contribution is 2.22. The Balaban J connectivity index is 1.78. The van der Waals surface area contributed by atoms with E-state index in [1.807, 2.05) is 0 Å². The number of nitrogens with zero attached hydrogens (tertiary/aromatic N) is 1. The molecule has 1 N–H and O–H groups in total. The molecule has 1 amide bonds. The minimum atomic E-state index is -0.723. The van der Waals surface area contributed by atoms with Crippen molar-refractivity contribution < 1.29 is 13.9 Å². The third-order valence-electron chi connectivity index (χ3n) is 4.33. The van der Waals surface area contributed by atoms with E-state index in [0.717, 1.165) is 32.5 Å². The standard InChI is InChI=1S/C18H26BrFN2O2/c1-3-4-9-22-10-7-15(8-11-22)21-18(23)13(2)24-17-6-5-14(19)12-16(17)20/h5-6,12-13,15H,3-4,7-11H2,1-2H3,(H,21,23). The van der Waals surface area contributed by atoms with Crippen LogP contribution in [0.15, 0.2) is 22.7 Å². The molecule has 1 aromatic rings. The Morgan fingerprint density at radius 2 is 2.17 bits per heavy atom. The molecule has 134 valence electrons. The maximum atomic E-state index is 13.8. The van der Waals surface area contributed by atoms with Crippen LogP contribution in [0.3, 0.4) is 0 Å². The van der Waals surface area contributed by atoms with E-state index < -0.39 is 11.9 Å². The molecular formula is C18H26BrFN2O2. The fourth-order valence-electron chi connectivity index (χ4n) is 2.82. The molecule has 0 saturated carbocycles. The van der Waals surface area contributed by atoms with Gasteiger partial charge in [-0.05, 0) is 50.9 Å². The van der Waals surface area contributed by atoms with Gasteiger partial charge in [-0.2, -0.15) is 0 Å². The van der Waals surface area contributed by atoms with E-state index in [4.69, 9.17) is 4.74 Å². The van der Waals surface area contributed by atoms with E-state index in [1.54, 1.807) is 13.0 Å². The molecule has 0 bridgehead atoms. The summed E-state index contributed by atoms with van der Waals surface area (Å²) in [5, 5.41) is 3.02. The lowest BCUT2D eigenvalue weighted by molar-refractivity contribution is -0.128. The molecular weight excluding hydrogens is 375 g/mol. The monoisotopic (exact) mass is 400 g/mol. The number of carbonyl (C=O) groups excluding carboxylic acids is 1. The van der Waals surface area contributed by atoms with Gasteiger partial charge >= 0.3 is 0 Å². The van der Waals surface area contributed by atoms with E-state index in [-0.39, 0.29) is 17.7 Å². The molecule has 0 aromatic heterocycles. The van der Waals surface area contributed by atoms with E-state index in [2.05, 4.69) is 33.1 Å². The summed E-state index contributed by atoms with van der Waals surface area (Å²) in [6.07, 6.45) is 3.61. The first-order valence-corrected chi connectivity index (χ1v) is 9.43. The highest BCUT2D eigenvalue weighted by atomic mass is 79.9. The molecule has 1 heterocycles. The number of piperidine rings is 1. The molecule has 24 heavy (non-hydrogen) atoms. The first-order chi connectivity index (χ1) is 11.5. The lowest BCUT2D eigenvalue weighted by Crippen LogP contribution is -2.48. The van der Waals surface area contributed by atoms with Crippen LogP contribution < -0.4 is 10.1 Å². The van der Waals surface area contributed by atoms with Crippen molar-refractivity contribution >= 4 is 21.8 Å². The van der Waals surface area contributed by atoms with Crippen molar-refractivity contribution in [2.45, 2.75) is 51.7 Å². The van der Waals surface area contributed by atoms with Crippen LogP contribution in [0.1, 0.15) is 39.5 Å². The zero-order chi connectivity index (χ0) is 17.5. The molecule has 0 radical (unpaired) electrons. The first-order valence-electron chi connectivity index (χ1n) is 8.64. The van der Waals surface area contributed by atoms with E-state index in [9.17, 15) is 9.18 Å². The van der Waals surface area contributed by atoms with Crippen molar-refractivity contribution in [1.29, 1.82) is 0 Å². The average molecular weight is 401 g/mol. The Bertz CT molecular complexity index is 548. The molecule has 1 atom stereocenters. The van der Waals surface area contributed by atoms with Crippen LogP contribution in [0.5, 0.6) is 5.75 Å². The van der Waals surface area contributed by atoms with Crippen molar-refractivity contribution in [2.75, 3.05) is 19.6 Å². The Morgan fingerprint density at radius 3 is 2.79 bits per heavy atom. The Labute approximate surface area is 151 Å². The number of rotatable bonds is 7. The number of unbranched alkanes of at least 4 members (excludes halogenated alkanes) is 1. The number of carbonyl (C=O) groups is 1. The summed E-state index contributed by atoms with van der Waals surface area (Å²) in [7, 11) is 0. The van der Waals surface area contributed by atoms with Crippen molar-refractivity contribution in [3.05, 3.63) is 28.5 Å². The van der Waals surface area contributed by atoms with Gasteiger partial charge in [-0.15, -0.1) is 0 Å². The predicted octanol–water partition coefficient (Wildman–Crippen LogP) is 3.74. The van der Waals surface area contributed by atoms with Gasteiger partial charge in [0, 0.05) is 23.6 Å². The number of halogens is 2. The van der Waals surface area contributed by atoms with E-state index >= 15 is 0 Å². The summed E-state index contributed by atoms with van der Waals surface area (Å²) in [5.41, 5.74) is 0. The quantitative estimate of drug-likeness (QED) is 0.757. The van der Waals surface area contributed by atoms with Crippen LogP contribution in [0.25, 0.3) is 0 Å². The summed E-state index contributed by atoms with van der Waals surface area (Å²) in [4.78, 5) is 14.7. The van der Waals surface area contributed by atoms with Gasteiger partial charge in [0.15, 0.2) is 17.7 Å². The van der Waals surface area contributed by atoms with Crippen LogP contribution in [0.2, 0.25) is 0 Å². The second-order valence-corrected chi connectivity index (χ2v) is 7.23. The highest BCUT2D eigenvalue weighted by molar-refractivity contribution is 9.10. The molecule has 1 fully saturated rings. The van der Waals surface area contributed by atoms with Gasteiger partial charge in [-0.25, -0.2) is 4.39 Å². The zero-order valence-corrected chi connectivity index (χ0v) is 15.9. The average Bonchev–Trinajstić information content (AvgIpc) is 2.56. The summed E-state index contributed by atoms with van der Waals surface area (Å²) in [6, 6.07) is 4.72. The number of amides is 1. The van der Waals surface area contributed by atoms with Gasteiger partial charge in [0.25, 0.3) is 5.91 Å². The smallest absolute Gasteiger partial charge is 0.260 e. The Kier molecular flexibility index (Phi) is 7.49. The molecule has 0 spiro atoms. The molecule has 1 aliphatic heterocycles. The lowest BCUT2D eigenvalue weighted by Gasteiger charge is -2.32. The van der Waals surface area contributed by atoms with Gasteiger partial charge in [-0.3, -0.25) is 4.79 Å². The van der Waals surface area contributed by atoms with Crippen LogP contribution in [0.4, 0.5) is 4.39 Å². The summed E-state index contributed by atoms with van der Waals surface area (Å²) in [5.74, 6) is -0.576. The van der Waals surface area contributed by atoms with Crippen LogP contribution in [0, 0.1) is 5.82 Å². The number of hydrogen-bond acceptors (Lipinski definition) is 3. The van der Waals surface area contributed by atoms with Gasteiger partial charge in [0.05, 0.1) is 0 Å². The zero-order valence-electron chi connectivity index (χ0n) is 14.4. The van der Waals surface area contributed by atoms with Crippen molar-refractivity contribution in [3.8, 4) is 5.75 Å². The van der Waals surface area contributed by atoms with Gasteiger partial charge in [-0.1, -0.05) is 29.3 Å². The maximum absolute atomic E-state index is 13.8. The predicted molar refractivity (Wildman–Crippen MR) is 96.7 cm³/mol. The number of likely N-dealkylation sites (tertiary alicyclic amines) is 1. The third-order valence-corrected chi connectivity index (χ3v) is 4.82. The van der Waals surface area contributed by atoms with E-state index in [0.29, 0.717) is 4.47 Å². The number of ether oxygens (including phenoxy) is 1. The minimum absolute atomic E-state index is 0.0928. The van der Waals surface area contributed by atoms with Crippen molar-refractivity contribution in [3.63, 3.8) is 0 Å². The number of nitrogens with one attached hydrogen (secondary N) is 1. The van der Waals surface area contributed by atoms with Gasteiger partial charge in [0.1, 0.15) is 0 Å². The normalized spacial score (nSPS) is 17.5. The number of hydrogen-bond donors (Lipinski definition) is 1. The molecule has 1 aliphatic rings. The topological polar surface area (TPSA) is 41.6 Å². The second-order valence-electron chi connectivity index (χ2n) is 6.31. The molecule has 2 rings (SSSR count). The molecule has 0 aliphatic carbocycles. The minimum Gasteiger partial charge on any atom is -0.478 e. The third kappa shape index (κ3) is 5.74. The SMILES string of the molecule is CCCCN1CCC(NC(=O)C(C)Oc2ccc(Br)cc2F)CC1.